The summed E-state index contributed by atoms with van der Waals surface area (Å²) < 4.78 is 16.5. The number of para-hydroxylation sites is 1. The predicted molar refractivity (Wildman–Crippen MR) is 104 cm³/mol. The molecule has 0 heterocycles. The summed E-state index contributed by atoms with van der Waals surface area (Å²) >= 11 is 5.92. The van der Waals surface area contributed by atoms with Crippen LogP contribution in [-0.2, 0) is 17.9 Å². The second-order valence-corrected chi connectivity index (χ2v) is 5.82. The van der Waals surface area contributed by atoms with E-state index in [0.29, 0.717) is 6.61 Å². The summed E-state index contributed by atoms with van der Waals surface area (Å²) in [6.45, 7) is 2.83. The third-order valence-electron chi connectivity index (χ3n) is 3.59. The van der Waals surface area contributed by atoms with Gasteiger partial charge in [0.2, 0.25) is 0 Å². The molecule has 0 unspecified atom stereocenters. The van der Waals surface area contributed by atoms with E-state index in [2.05, 4.69) is 5.32 Å². The van der Waals surface area contributed by atoms with E-state index in [0.717, 1.165) is 53.8 Å². The average Bonchev–Trinajstić information content (AvgIpc) is 2.61. The highest BCUT2D eigenvalue weighted by Crippen LogP contribution is 2.31. The second-order valence-electron chi connectivity index (χ2n) is 5.39. The van der Waals surface area contributed by atoms with E-state index in [1.54, 1.807) is 14.2 Å². The van der Waals surface area contributed by atoms with Crippen molar-refractivity contribution < 1.29 is 14.2 Å². The van der Waals surface area contributed by atoms with Gasteiger partial charge in [-0.2, -0.15) is 0 Å². The fourth-order valence-electron chi connectivity index (χ4n) is 2.33. The van der Waals surface area contributed by atoms with Gasteiger partial charge in [0.15, 0.2) is 11.5 Å². The lowest BCUT2D eigenvalue weighted by Crippen LogP contribution is -2.17. The molecule has 2 aromatic rings. The van der Waals surface area contributed by atoms with Crippen molar-refractivity contribution in [2.24, 2.45) is 0 Å². The lowest BCUT2D eigenvalue weighted by Gasteiger charge is -2.16. The van der Waals surface area contributed by atoms with Crippen molar-refractivity contribution in [3.05, 3.63) is 58.6 Å². The standard InChI is InChI=1S/C19H24ClNO3.ClH/c1-22-12-4-11-21-13-16-5-3-6-18(23-2)19(16)24-14-15-7-9-17(20)10-8-15;/h3,5-10,21H,4,11-14H2,1-2H3;1H. The van der Waals surface area contributed by atoms with Crippen molar-refractivity contribution in [3.63, 3.8) is 0 Å². The SMILES string of the molecule is COCCCNCc1cccc(OC)c1OCc1ccc(Cl)cc1.Cl. The molecule has 0 aliphatic heterocycles. The summed E-state index contributed by atoms with van der Waals surface area (Å²) in [5.74, 6) is 1.51. The number of ether oxygens (including phenoxy) is 3. The van der Waals surface area contributed by atoms with E-state index in [1.807, 2.05) is 42.5 Å². The van der Waals surface area contributed by atoms with Crippen LogP contribution in [-0.4, -0.2) is 27.4 Å². The van der Waals surface area contributed by atoms with Gasteiger partial charge in [-0.1, -0.05) is 35.9 Å². The molecular formula is C19H25Cl2NO3. The molecule has 25 heavy (non-hydrogen) atoms. The molecule has 0 bridgehead atoms. The highest BCUT2D eigenvalue weighted by Gasteiger charge is 2.10. The molecule has 2 rings (SSSR count). The third-order valence-corrected chi connectivity index (χ3v) is 3.85. The Kier molecular flexibility index (Phi) is 10.3. The van der Waals surface area contributed by atoms with Gasteiger partial charge in [-0.15, -0.1) is 12.4 Å². The first-order valence-electron chi connectivity index (χ1n) is 7.97. The average molecular weight is 386 g/mol. The van der Waals surface area contributed by atoms with Gasteiger partial charge in [-0.3, -0.25) is 0 Å². The molecule has 0 aliphatic carbocycles. The van der Waals surface area contributed by atoms with Gasteiger partial charge in [-0.05, 0) is 36.7 Å². The van der Waals surface area contributed by atoms with Crippen LogP contribution in [0.25, 0.3) is 0 Å². The smallest absolute Gasteiger partial charge is 0.166 e. The summed E-state index contributed by atoms with van der Waals surface area (Å²) in [7, 11) is 3.37. The number of methoxy groups -OCH3 is 2. The molecule has 0 radical (unpaired) electrons. The molecule has 138 valence electrons. The maximum atomic E-state index is 6.03. The first-order chi connectivity index (χ1) is 11.7. The van der Waals surface area contributed by atoms with Gasteiger partial charge >= 0.3 is 0 Å². The first kappa shape index (κ1) is 21.6. The van der Waals surface area contributed by atoms with Crippen LogP contribution in [0.15, 0.2) is 42.5 Å². The second kappa shape index (κ2) is 12.0. The fraction of sp³-hybridized carbons (Fsp3) is 0.368. The molecule has 6 heteroatoms. The summed E-state index contributed by atoms with van der Waals surface area (Å²) in [4.78, 5) is 0. The van der Waals surface area contributed by atoms with Crippen molar-refractivity contribution in [1.29, 1.82) is 0 Å². The number of benzene rings is 2. The van der Waals surface area contributed by atoms with Gasteiger partial charge in [0.1, 0.15) is 6.61 Å². The van der Waals surface area contributed by atoms with E-state index < -0.39 is 0 Å². The van der Waals surface area contributed by atoms with E-state index in [-0.39, 0.29) is 12.4 Å². The monoisotopic (exact) mass is 385 g/mol. The lowest BCUT2D eigenvalue weighted by molar-refractivity contribution is 0.194. The van der Waals surface area contributed by atoms with Crippen molar-refractivity contribution >= 4 is 24.0 Å². The van der Waals surface area contributed by atoms with E-state index in [1.165, 1.54) is 0 Å². The zero-order valence-corrected chi connectivity index (χ0v) is 16.2. The zero-order valence-electron chi connectivity index (χ0n) is 14.6. The normalized spacial score (nSPS) is 10.2. The third kappa shape index (κ3) is 7.12. The number of rotatable bonds is 10. The molecule has 0 aromatic heterocycles. The Morgan fingerprint density at radius 3 is 2.48 bits per heavy atom. The van der Waals surface area contributed by atoms with E-state index >= 15 is 0 Å². The molecule has 0 aliphatic rings. The molecule has 4 nitrogen and oxygen atoms in total. The Hall–Kier alpha value is -1.46. The van der Waals surface area contributed by atoms with Gasteiger partial charge in [0, 0.05) is 30.8 Å². The Morgan fingerprint density at radius 1 is 1.04 bits per heavy atom. The lowest BCUT2D eigenvalue weighted by atomic mass is 10.1. The molecule has 0 saturated heterocycles. The number of hydrogen-bond donors (Lipinski definition) is 1. The van der Waals surface area contributed by atoms with Crippen molar-refractivity contribution in [3.8, 4) is 11.5 Å². The summed E-state index contributed by atoms with van der Waals surface area (Å²) in [6, 6.07) is 13.6. The van der Waals surface area contributed by atoms with Crippen LogP contribution >= 0.6 is 24.0 Å². The van der Waals surface area contributed by atoms with Gasteiger partial charge in [0.25, 0.3) is 0 Å². The topological polar surface area (TPSA) is 39.7 Å². The number of halogens is 2. The molecular weight excluding hydrogens is 361 g/mol. The van der Waals surface area contributed by atoms with Gasteiger partial charge < -0.3 is 19.5 Å². The molecule has 0 atom stereocenters. The van der Waals surface area contributed by atoms with Crippen LogP contribution < -0.4 is 14.8 Å². The highest BCUT2D eigenvalue weighted by molar-refractivity contribution is 6.30. The van der Waals surface area contributed by atoms with Gasteiger partial charge in [0.05, 0.1) is 7.11 Å². The Labute approximate surface area is 160 Å². The van der Waals surface area contributed by atoms with Crippen molar-refractivity contribution in [2.45, 2.75) is 19.6 Å². The summed E-state index contributed by atoms with van der Waals surface area (Å²) in [6.07, 6.45) is 0.974. The minimum Gasteiger partial charge on any atom is -0.493 e. The van der Waals surface area contributed by atoms with Crippen molar-refractivity contribution in [2.75, 3.05) is 27.4 Å². The highest BCUT2D eigenvalue weighted by atomic mass is 35.5. The Morgan fingerprint density at radius 2 is 1.80 bits per heavy atom. The van der Waals surface area contributed by atoms with E-state index in [9.17, 15) is 0 Å². The van der Waals surface area contributed by atoms with Crippen LogP contribution in [0.2, 0.25) is 5.02 Å². The number of nitrogens with one attached hydrogen (secondary N) is 1. The minimum atomic E-state index is 0. The van der Waals surface area contributed by atoms with Crippen LogP contribution in [0, 0.1) is 0 Å². The minimum absolute atomic E-state index is 0. The Balaban J connectivity index is 0.00000312. The van der Waals surface area contributed by atoms with Gasteiger partial charge in [-0.25, -0.2) is 0 Å². The summed E-state index contributed by atoms with van der Waals surface area (Å²) in [5, 5.41) is 4.12. The quantitative estimate of drug-likeness (QED) is 0.612. The predicted octanol–water partition coefficient (Wildman–Crippen LogP) is 4.48. The maximum Gasteiger partial charge on any atom is 0.166 e. The van der Waals surface area contributed by atoms with E-state index in [4.69, 9.17) is 25.8 Å². The van der Waals surface area contributed by atoms with Crippen LogP contribution in [0.4, 0.5) is 0 Å². The molecule has 2 aromatic carbocycles. The molecule has 0 fully saturated rings. The molecule has 1 N–H and O–H groups in total. The van der Waals surface area contributed by atoms with Crippen LogP contribution in [0.1, 0.15) is 17.5 Å². The van der Waals surface area contributed by atoms with Crippen LogP contribution in [0.5, 0.6) is 11.5 Å². The van der Waals surface area contributed by atoms with Crippen molar-refractivity contribution in [1.82, 2.24) is 5.32 Å². The zero-order chi connectivity index (χ0) is 17.2. The Bertz CT molecular complexity index is 621. The molecule has 0 saturated carbocycles. The summed E-state index contributed by atoms with van der Waals surface area (Å²) in [5.41, 5.74) is 2.13. The maximum absolute atomic E-state index is 6.03. The number of hydrogen-bond acceptors (Lipinski definition) is 4. The fourth-order valence-corrected chi connectivity index (χ4v) is 2.45. The molecule has 0 spiro atoms. The molecule has 0 amide bonds. The van der Waals surface area contributed by atoms with Crippen LogP contribution in [0.3, 0.4) is 0 Å². The largest absolute Gasteiger partial charge is 0.493 e. The first-order valence-corrected chi connectivity index (χ1v) is 8.35.